The van der Waals surface area contributed by atoms with Crippen molar-refractivity contribution in [3.05, 3.63) is 83.7 Å². The number of methoxy groups -OCH3 is 1. The number of anilines is 1. The Hall–Kier alpha value is -4.00. The number of aromatic nitrogens is 1. The van der Waals surface area contributed by atoms with Crippen LogP contribution in [0, 0.1) is 5.82 Å². The Labute approximate surface area is 164 Å². The molecule has 0 bridgehead atoms. The molecule has 4 aromatic rings. The fraction of sp³-hybridized carbons (Fsp3) is 0.0455. The van der Waals surface area contributed by atoms with Gasteiger partial charge in [0.25, 0.3) is 5.91 Å². The van der Waals surface area contributed by atoms with Gasteiger partial charge in [-0.25, -0.2) is 14.2 Å². The number of para-hydroxylation sites is 2. The molecule has 0 saturated carbocycles. The minimum atomic E-state index is -0.618. The molecule has 6 nitrogen and oxygen atoms in total. The molecule has 7 heteroatoms. The lowest BCUT2D eigenvalue weighted by atomic mass is 10.1. The van der Waals surface area contributed by atoms with Crippen molar-refractivity contribution in [1.29, 1.82) is 0 Å². The van der Waals surface area contributed by atoms with E-state index in [1.54, 1.807) is 48.5 Å². The van der Waals surface area contributed by atoms with Gasteiger partial charge in [-0.3, -0.25) is 4.79 Å². The van der Waals surface area contributed by atoms with E-state index in [0.29, 0.717) is 22.4 Å². The lowest BCUT2D eigenvalue weighted by molar-refractivity contribution is 0.0602. The average molecular weight is 390 g/mol. The third-order valence-corrected chi connectivity index (χ3v) is 4.35. The van der Waals surface area contributed by atoms with Gasteiger partial charge in [0.15, 0.2) is 5.58 Å². The number of rotatable bonds is 4. The molecule has 0 spiro atoms. The van der Waals surface area contributed by atoms with Crippen LogP contribution in [0.25, 0.3) is 22.6 Å². The fourth-order valence-electron chi connectivity index (χ4n) is 2.95. The summed E-state index contributed by atoms with van der Waals surface area (Å²) in [5, 5.41) is 2.69. The number of fused-ring (bicyclic) bond motifs is 1. The third kappa shape index (κ3) is 3.45. The molecule has 3 aromatic carbocycles. The Kier molecular flexibility index (Phi) is 4.78. The Morgan fingerprint density at radius 1 is 0.966 bits per heavy atom. The molecule has 0 unspecified atom stereocenters. The molecule has 0 fully saturated rings. The predicted molar refractivity (Wildman–Crippen MR) is 105 cm³/mol. The van der Waals surface area contributed by atoms with E-state index in [9.17, 15) is 14.0 Å². The SMILES string of the molecule is COC(=O)c1cccc2oc(-c3ccccc3NC(=O)c3ccccc3F)nc12. The van der Waals surface area contributed by atoms with Gasteiger partial charge in [0.1, 0.15) is 11.3 Å². The number of halogens is 1. The normalized spacial score (nSPS) is 10.7. The van der Waals surface area contributed by atoms with Crippen LogP contribution in [-0.4, -0.2) is 24.0 Å². The van der Waals surface area contributed by atoms with E-state index in [2.05, 4.69) is 10.3 Å². The van der Waals surface area contributed by atoms with Crippen LogP contribution in [0.15, 0.2) is 71.1 Å². The summed E-state index contributed by atoms with van der Waals surface area (Å²) in [4.78, 5) is 28.9. The Morgan fingerprint density at radius 3 is 2.48 bits per heavy atom. The fourth-order valence-corrected chi connectivity index (χ4v) is 2.95. The molecule has 0 aliphatic heterocycles. The Morgan fingerprint density at radius 2 is 1.69 bits per heavy atom. The van der Waals surface area contributed by atoms with Crippen molar-refractivity contribution in [1.82, 2.24) is 4.98 Å². The first-order chi connectivity index (χ1) is 14.1. The van der Waals surface area contributed by atoms with Crippen molar-refractivity contribution in [3.8, 4) is 11.5 Å². The summed E-state index contributed by atoms with van der Waals surface area (Å²) < 4.78 is 24.5. The lowest BCUT2D eigenvalue weighted by Crippen LogP contribution is -2.14. The van der Waals surface area contributed by atoms with E-state index < -0.39 is 17.7 Å². The number of hydrogen-bond acceptors (Lipinski definition) is 5. The molecule has 144 valence electrons. The van der Waals surface area contributed by atoms with Gasteiger partial charge in [-0.05, 0) is 36.4 Å². The Balaban J connectivity index is 1.75. The van der Waals surface area contributed by atoms with Crippen molar-refractivity contribution in [2.75, 3.05) is 12.4 Å². The highest BCUT2D eigenvalue weighted by molar-refractivity contribution is 6.06. The smallest absolute Gasteiger partial charge is 0.340 e. The minimum Gasteiger partial charge on any atom is -0.465 e. The van der Waals surface area contributed by atoms with Crippen molar-refractivity contribution >= 4 is 28.7 Å². The molecule has 0 aliphatic carbocycles. The van der Waals surface area contributed by atoms with E-state index in [1.807, 2.05) is 0 Å². The number of hydrogen-bond donors (Lipinski definition) is 1. The van der Waals surface area contributed by atoms with Crippen molar-refractivity contribution in [2.45, 2.75) is 0 Å². The summed E-state index contributed by atoms with van der Waals surface area (Å²) in [6.45, 7) is 0. The number of ether oxygens (including phenoxy) is 1. The summed E-state index contributed by atoms with van der Waals surface area (Å²) in [7, 11) is 1.29. The summed E-state index contributed by atoms with van der Waals surface area (Å²) in [6, 6.07) is 17.5. The zero-order chi connectivity index (χ0) is 20.4. The second kappa shape index (κ2) is 7.55. The molecule has 1 aromatic heterocycles. The van der Waals surface area contributed by atoms with Crippen LogP contribution < -0.4 is 5.32 Å². The first-order valence-electron chi connectivity index (χ1n) is 8.71. The van der Waals surface area contributed by atoms with Gasteiger partial charge >= 0.3 is 5.97 Å². The number of nitrogens with zero attached hydrogens (tertiary/aromatic N) is 1. The predicted octanol–water partition coefficient (Wildman–Crippen LogP) is 4.67. The van der Waals surface area contributed by atoms with Gasteiger partial charge in [0.2, 0.25) is 5.89 Å². The van der Waals surface area contributed by atoms with Gasteiger partial charge in [0, 0.05) is 0 Å². The molecule has 1 N–H and O–H groups in total. The molecule has 1 heterocycles. The zero-order valence-electron chi connectivity index (χ0n) is 15.3. The highest BCUT2D eigenvalue weighted by Gasteiger charge is 2.19. The molecule has 1 amide bonds. The van der Waals surface area contributed by atoms with E-state index in [-0.39, 0.29) is 17.0 Å². The lowest BCUT2D eigenvalue weighted by Gasteiger charge is -2.09. The number of oxazole rings is 1. The van der Waals surface area contributed by atoms with Gasteiger partial charge in [-0.2, -0.15) is 0 Å². The second-order valence-corrected chi connectivity index (χ2v) is 6.14. The average Bonchev–Trinajstić information content (AvgIpc) is 3.18. The van der Waals surface area contributed by atoms with Crippen LogP contribution in [0.3, 0.4) is 0 Å². The Bertz CT molecular complexity index is 1230. The topological polar surface area (TPSA) is 81.4 Å². The molecular formula is C22H15FN2O4. The molecule has 0 atom stereocenters. The van der Waals surface area contributed by atoms with Crippen molar-refractivity contribution < 1.29 is 23.1 Å². The van der Waals surface area contributed by atoms with E-state index in [4.69, 9.17) is 9.15 Å². The number of nitrogens with one attached hydrogen (secondary N) is 1. The molecule has 29 heavy (non-hydrogen) atoms. The van der Waals surface area contributed by atoms with Gasteiger partial charge in [-0.1, -0.05) is 30.3 Å². The van der Waals surface area contributed by atoms with Crippen LogP contribution in [0.4, 0.5) is 10.1 Å². The molecule has 4 rings (SSSR count). The summed E-state index contributed by atoms with van der Waals surface area (Å²) in [5.74, 6) is -1.54. The van der Waals surface area contributed by atoms with Crippen LogP contribution >= 0.6 is 0 Å². The van der Waals surface area contributed by atoms with E-state index in [0.717, 1.165) is 0 Å². The number of carbonyl (C=O) groups is 2. The highest BCUT2D eigenvalue weighted by Crippen LogP contribution is 2.31. The first-order valence-corrected chi connectivity index (χ1v) is 8.71. The molecular weight excluding hydrogens is 375 g/mol. The summed E-state index contributed by atoms with van der Waals surface area (Å²) in [5.41, 5.74) is 1.83. The maximum absolute atomic E-state index is 13.9. The number of esters is 1. The second-order valence-electron chi connectivity index (χ2n) is 6.14. The van der Waals surface area contributed by atoms with E-state index in [1.165, 1.54) is 25.3 Å². The summed E-state index contributed by atoms with van der Waals surface area (Å²) >= 11 is 0. The molecule has 0 radical (unpaired) electrons. The number of carbonyl (C=O) groups excluding carboxylic acids is 2. The number of amides is 1. The quantitative estimate of drug-likeness (QED) is 0.512. The van der Waals surface area contributed by atoms with Gasteiger partial charge in [0.05, 0.1) is 29.5 Å². The summed E-state index contributed by atoms with van der Waals surface area (Å²) in [6.07, 6.45) is 0. The highest BCUT2D eigenvalue weighted by atomic mass is 19.1. The largest absolute Gasteiger partial charge is 0.465 e. The standard InChI is InChI=1S/C22H15FN2O4/c1-28-22(27)15-9-6-12-18-19(15)25-21(29-18)14-8-3-5-11-17(14)24-20(26)13-7-2-4-10-16(13)23/h2-12H,1H3,(H,24,26). The van der Waals surface area contributed by atoms with Crippen molar-refractivity contribution in [3.63, 3.8) is 0 Å². The maximum Gasteiger partial charge on any atom is 0.340 e. The van der Waals surface area contributed by atoms with Crippen molar-refractivity contribution in [2.24, 2.45) is 0 Å². The van der Waals surface area contributed by atoms with E-state index >= 15 is 0 Å². The monoisotopic (exact) mass is 390 g/mol. The van der Waals surface area contributed by atoms with Gasteiger partial charge < -0.3 is 14.5 Å². The minimum absolute atomic E-state index is 0.0761. The van der Waals surface area contributed by atoms with Crippen LogP contribution in [0.1, 0.15) is 20.7 Å². The maximum atomic E-state index is 13.9. The molecule has 0 aliphatic rings. The number of benzene rings is 3. The van der Waals surface area contributed by atoms with Gasteiger partial charge in [-0.15, -0.1) is 0 Å². The zero-order valence-corrected chi connectivity index (χ0v) is 15.3. The van der Waals surface area contributed by atoms with Crippen LogP contribution in [0.2, 0.25) is 0 Å². The van der Waals surface area contributed by atoms with Crippen LogP contribution in [-0.2, 0) is 4.74 Å². The van der Waals surface area contributed by atoms with Crippen LogP contribution in [0.5, 0.6) is 0 Å². The first kappa shape index (κ1) is 18.4. The molecule has 0 saturated heterocycles. The third-order valence-electron chi connectivity index (χ3n) is 4.35.